The molecule has 102 valence electrons. The van der Waals surface area contributed by atoms with Gasteiger partial charge < -0.3 is 10.1 Å². The SMILES string of the molecule is O=C([C@@H]1CO[C@@H]2CCNC[C@@H]2C1)N1CCCCO1. The maximum absolute atomic E-state index is 12.3. The molecule has 3 heterocycles. The van der Waals surface area contributed by atoms with Crippen LogP contribution in [0.4, 0.5) is 0 Å². The molecule has 0 bridgehead atoms. The molecule has 18 heavy (non-hydrogen) atoms. The Morgan fingerprint density at radius 2 is 2.28 bits per heavy atom. The summed E-state index contributed by atoms with van der Waals surface area (Å²) in [5.74, 6) is 0.606. The molecule has 0 aliphatic carbocycles. The Balaban J connectivity index is 1.57. The smallest absolute Gasteiger partial charge is 0.251 e. The van der Waals surface area contributed by atoms with E-state index in [-0.39, 0.29) is 11.8 Å². The number of ether oxygens (including phenoxy) is 1. The summed E-state index contributed by atoms with van der Waals surface area (Å²) >= 11 is 0. The van der Waals surface area contributed by atoms with Gasteiger partial charge in [0.15, 0.2) is 0 Å². The lowest BCUT2D eigenvalue weighted by Gasteiger charge is -2.40. The van der Waals surface area contributed by atoms with Gasteiger partial charge in [-0.15, -0.1) is 0 Å². The summed E-state index contributed by atoms with van der Waals surface area (Å²) in [6, 6.07) is 0. The number of amides is 1. The van der Waals surface area contributed by atoms with Crippen molar-refractivity contribution in [2.75, 3.05) is 32.8 Å². The van der Waals surface area contributed by atoms with E-state index in [1.807, 2.05) is 0 Å². The Morgan fingerprint density at radius 1 is 1.33 bits per heavy atom. The van der Waals surface area contributed by atoms with E-state index < -0.39 is 0 Å². The molecule has 0 aromatic carbocycles. The molecule has 0 aromatic rings. The zero-order valence-electron chi connectivity index (χ0n) is 10.8. The number of carbonyl (C=O) groups is 1. The summed E-state index contributed by atoms with van der Waals surface area (Å²) in [5.41, 5.74) is 0. The highest BCUT2D eigenvalue weighted by Gasteiger charge is 2.38. The highest BCUT2D eigenvalue weighted by Crippen LogP contribution is 2.30. The summed E-state index contributed by atoms with van der Waals surface area (Å²) < 4.78 is 5.86. The molecule has 1 amide bonds. The Hall–Kier alpha value is -0.650. The summed E-state index contributed by atoms with van der Waals surface area (Å²) in [5, 5.41) is 4.95. The van der Waals surface area contributed by atoms with Crippen LogP contribution in [-0.2, 0) is 14.4 Å². The molecule has 3 saturated heterocycles. The first-order chi connectivity index (χ1) is 8.84. The number of rotatable bonds is 1. The Kier molecular flexibility index (Phi) is 3.82. The third-order valence-electron chi connectivity index (χ3n) is 4.23. The fourth-order valence-electron chi connectivity index (χ4n) is 3.17. The summed E-state index contributed by atoms with van der Waals surface area (Å²) in [4.78, 5) is 17.8. The molecule has 0 spiro atoms. The average molecular weight is 254 g/mol. The molecule has 5 heteroatoms. The maximum atomic E-state index is 12.3. The number of hydroxylamine groups is 2. The van der Waals surface area contributed by atoms with Crippen LogP contribution in [0.2, 0.25) is 0 Å². The second-order valence-electron chi connectivity index (χ2n) is 5.54. The van der Waals surface area contributed by atoms with Gasteiger partial charge in [0.1, 0.15) is 0 Å². The molecule has 0 saturated carbocycles. The molecule has 3 fully saturated rings. The topological polar surface area (TPSA) is 50.8 Å². The van der Waals surface area contributed by atoms with E-state index in [1.54, 1.807) is 5.06 Å². The summed E-state index contributed by atoms with van der Waals surface area (Å²) in [7, 11) is 0. The molecule has 3 atom stereocenters. The molecule has 0 unspecified atom stereocenters. The van der Waals surface area contributed by atoms with Crippen molar-refractivity contribution >= 4 is 5.91 Å². The maximum Gasteiger partial charge on any atom is 0.251 e. The molecule has 3 aliphatic heterocycles. The number of hydrogen-bond acceptors (Lipinski definition) is 4. The third-order valence-corrected chi connectivity index (χ3v) is 4.23. The first kappa shape index (κ1) is 12.4. The fourth-order valence-corrected chi connectivity index (χ4v) is 3.17. The lowest BCUT2D eigenvalue weighted by molar-refractivity contribution is -0.207. The minimum atomic E-state index is -0.00995. The molecule has 0 radical (unpaired) electrons. The standard InChI is InChI=1S/C13H22N2O3/c16-13(15-5-1-2-6-18-15)11-7-10-8-14-4-3-12(10)17-9-11/h10-12,14H,1-9H2/t10-,11-,12+/m0/s1. The molecule has 1 N–H and O–H groups in total. The quantitative estimate of drug-likeness (QED) is 0.742. The number of piperidine rings is 1. The van der Waals surface area contributed by atoms with Crippen LogP contribution in [0.3, 0.4) is 0 Å². The zero-order chi connectivity index (χ0) is 12.4. The zero-order valence-corrected chi connectivity index (χ0v) is 10.8. The van der Waals surface area contributed by atoms with E-state index in [1.165, 1.54) is 0 Å². The van der Waals surface area contributed by atoms with Gasteiger partial charge in [-0.3, -0.25) is 9.63 Å². The van der Waals surface area contributed by atoms with Gasteiger partial charge in [0.25, 0.3) is 5.91 Å². The molecule has 3 aliphatic rings. The van der Waals surface area contributed by atoms with Crippen LogP contribution in [0.25, 0.3) is 0 Å². The largest absolute Gasteiger partial charge is 0.377 e. The van der Waals surface area contributed by atoms with Crippen LogP contribution >= 0.6 is 0 Å². The summed E-state index contributed by atoms with van der Waals surface area (Å²) in [6.07, 6.45) is 4.48. The van der Waals surface area contributed by atoms with Crippen LogP contribution < -0.4 is 5.32 Å². The van der Waals surface area contributed by atoms with Crippen LogP contribution in [0, 0.1) is 11.8 Å². The Labute approximate surface area is 108 Å². The van der Waals surface area contributed by atoms with Gasteiger partial charge in [0.05, 0.1) is 25.2 Å². The van der Waals surface area contributed by atoms with E-state index >= 15 is 0 Å². The predicted octanol–water partition coefficient (Wildman–Crippen LogP) is 0.555. The van der Waals surface area contributed by atoms with Crippen molar-refractivity contribution in [3.63, 3.8) is 0 Å². The second-order valence-corrected chi connectivity index (χ2v) is 5.54. The van der Waals surface area contributed by atoms with Gasteiger partial charge in [-0.25, -0.2) is 5.06 Å². The Bertz CT molecular complexity index is 305. The summed E-state index contributed by atoms with van der Waals surface area (Å²) in [6.45, 7) is 4.00. The molecule has 0 aromatic heterocycles. The van der Waals surface area contributed by atoms with Crippen molar-refractivity contribution < 1.29 is 14.4 Å². The number of nitrogens with one attached hydrogen (secondary N) is 1. The van der Waals surface area contributed by atoms with Crippen LogP contribution in [0.15, 0.2) is 0 Å². The minimum absolute atomic E-state index is 0.00995. The van der Waals surface area contributed by atoms with Crippen molar-refractivity contribution in [1.29, 1.82) is 0 Å². The molecule has 3 rings (SSSR count). The van der Waals surface area contributed by atoms with Crippen molar-refractivity contribution in [3.8, 4) is 0 Å². The van der Waals surface area contributed by atoms with E-state index in [4.69, 9.17) is 9.57 Å². The van der Waals surface area contributed by atoms with Gasteiger partial charge in [0, 0.05) is 13.1 Å². The molecular weight excluding hydrogens is 232 g/mol. The molecule has 5 nitrogen and oxygen atoms in total. The average Bonchev–Trinajstić information content (AvgIpc) is 2.47. The van der Waals surface area contributed by atoms with Gasteiger partial charge in [-0.1, -0.05) is 0 Å². The lowest BCUT2D eigenvalue weighted by atomic mass is 9.84. The first-order valence-electron chi connectivity index (χ1n) is 7.11. The van der Waals surface area contributed by atoms with Crippen LogP contribution in [-0.4, -0.2) is 49.9 Å². The van der Waals surface area contributed by atoms with Gasteiger partial charge >= 0.3 is 0 Å². The predicted molar refractivity (Wildman–Crippen MR) is 65.7 cm³/mol. The third kappa shape index (κ3) is 2.53. The molecular formula is C13H22N2O3. The number of carbonyl (C=O) groups excluding carboxylic acids is 1. The van der Waals surface area contributed by atoms with Crippen molar-refractivity contribution in [2.24, 2.45) is 11.8 Å². The monoisotopic (exact) mass is 254 g/mol. The number of fused-ring (bicyclic) bond motifs is 1. The van der Waals surface area contributed by atoms with Crippen molar-refractivity contribution in [1.82, 2.24) is 10.4 Å². The normalized spacial score (nSPS) is 37.1. The Morgan fingerprint density at radius 3 is 3.11 bits per heavy atom. The van der Waals surface area contributed by atoms with Gasteiger partial charge in [-0.2, -0.15) is 0 Å². The number of nitrogens with zero attached hydrogens (tertiary/aromatic N) is 1. The minimum Gasteiger partial charge on any atom is -0.377 e. The van der Waals surface area contributed by atoms with Gasteiger partial charge in [0.2, 0.25) is 0 Å². The van der Waals surface area contributed by atoms with Crippen LogP contribution in [0.1, 0.15) is 25.7 Å². The fraction of sp³-hybridized carbons (Fsp3) is 0.923. The lowest BCUT2D eigenvalue weighted by Crippen LogP contribution is -2.50. The van der Waals surface area contributed by atoms with E-state index in [2.05, 4.69) is 5.32 Å². The highest BCUT2D eigenvalue weighted by molar-refractivity contribution is 5.78. The highest BCUT2D eigenvalue weighted by atomic mass is 16.7. The first-order valence-corrected chi connectivity index (χ1v) is 7.11. The van der Waals surface area contributed by atoms with Crippen molar-refractivity contribution in [2.45, 2.75) is 31.8 Å². The van der Waals surface area contributed by atoms with Gasteiger partial charge in [-0.05, 0) is 38.1 Å². The van der Waals surface area contributed by atoms with Crippen molar-refractivity contribution in [3.05, 3.63) is 0 Å². The second kappa shape index (κ2) is 5.55. The van der Waals surface area contributed by atoms with E-state index in [9.17, 15) is 4.79 Å². The van der Waals surface area contributed by atoms with E-state index in [0.717, 1.165) is 45.3 Å². The van der Waals surface area contributed by atoms with E-state index in [0.29, 0.717) is 25.2 Å². The number of hydrogen-bond donors (Lipinski definition) is 1. The van der Waals surface area contributed by atoms with Crippen LogP contribution in [0.5, 0.6) is 0 Å².